The Kier molecular flexibility index (Phi) is 5.36. The van der Waals surface area contributed by atoms with Crippen LogP contribution in [-0.2, 0) is 4.79 Å². The molecule has 0 aromatic heterocycles. The van der Waals surface area contributed by atoms with E-state index in [1.165, 1.54) is 0 Å². The minimum absolute atomic E-state index is 0.0575. The molecule has 0 aliphatic carbocycles. The molecule has 0 saturated carbocycles. The molecule has 0 radical (unpaired) electrons. The van der Waals surface area contributed by atoms with E-state index in [2.05, 4.69) is 10.5 Å². The number of methoxy groups -OCH3 is 1. The molecule has 98 valence electrons. The highest BCUT2D eigenvalue weighted by atomic mass is 16.5. The van der Waals surface area contributed by atoms with Crippen molar-refractivity contribution in [2.75, 3.05) is 7.11 Å². The van der Waals surface area contributed by atoms with Gasteiger partial charge in [-0.1, -0.05) is 13.8 Å². The second kappa shape index (κ2) is 6.79. The lowest BCUT2D eigenvalue weighted by molar-refractivity contribution is -0.121. The van der Waals surface area contributed by atoms with Crippen molar-refractivity contribution in [1.82, 2.24) is 5.43 Å². The van der Waals surface area contributed by atoms with Gasteiger partial charge in [0, 0.05) is 6.42 Å². The zero-order valence-electron chi connectivity index (χ0n) is 11.4. The summed E-state index contributed by atoms with van der Waals surface area (Å²) in [5, 5.41) is 4.08. The normalized spacial score (nSPS) is 11.5. The number of carbonyl (C=O) groups excluding carboxylic acids is 1. The first-order valence-electron chi connectivity index (χ1n) is 6.00. The summed E-state index contributed by atoms with van der Waals surface area (Å²) in [5.74, 6) is 1.08. The highest BCUT2D eigenvalue weighted by Crippen LogP contribution is 2.11. The maximum Gasteiger partial charge on any atom is 0.240 e. The molecule has 18 heavy (non-hydrogen) atoms. The number of ether oxygens (including phenoxy) is 1. The van der Waals surface area contributed by atoms with Gasteiger partial charge >= 0.3 is 0 Å². The topological polar surface area (TPSA) is 50.7 Å². The molecule has 0 aliphatic rings. The number of hydrogen-bond acceptors (Lipinski definition) is 3. The molecule has 0 heterocycles. The highest BCUT2D eigenvalue weighted by Gasteiger charge is 2.04. The Morgan fingerprint density at radius 1 is 1.33 bits per heavy atom. The van der Waals surface area contributed by atoms with Crippen LogP contribution in [0.3, 0.4) is 0 Å². The molecular weight excluding hydrogens is 228 g/mol. The molecule has 0 atom stereocenters. The average Bonchev–Trinajstić information content (AvgIpc) is 2.35. The van der Waals surface area contributed by atoms with Gasteiger partial charge in [0.05, 0.1) is 12.8 Å². The van der Waals surface area contributed by atoms with Crippen molar-refractivity contribution in [3.05, 3.63) is 29.8 Å². The standard InChI is InChI=1S/C14H20N2O2/c1-10(2)9-14(17)16-15-11(3)12-5-7-13(18-4)8-6-12/h5-8,10H,9H2,1-4H3,(H,16,17)/b15-11+. The quantitative estimate of drug-likeness (QED) is 0.643. The van der Waals surface area contributed by atoms with Gasteiger partial charge in [0.2, 0.25) is 5.91 Å². The van der Waals surface area contributed by atoms with Crippen molar-refractivity contribution < 1.29 is 9.53 Å². The summed E-state index contributed by atoms with van der Waals surface area (Å²) in [4.78, 5) is 11.5. The van der Waals surface area contributed by atoms with Gasteiger partial charge in [-0.05, 0) is 42.7 Å². The highest BCUT2D eigenvalue weighted by molar-refractivity contribution is 5.99. The van der Waals surface area contributed by atoms with Crippen LogP contribution in [0.15, 0.2) is 29.4 Å². The van der Waals surface area contributed by atoms with E-state index in [9.17, 15) is 4.79 Å². The van der Waals surface area contributed by atoms with Gasteiger partial charge in [-0.3, -0.25) is 4.79 Å². The maximum absolute atomic E-state index is 11.5. The van der Waals surface area contributed by atoms with Crippen molar-refractivity contribution in [2.45, 2.75) is 27.2 Å². The Morgan fingerprint density at radius 3 is 2.44 bits per heavy atom. The summed E-state index contributed by atoms with van der Waals surface area (Å²) in [6.45, 7) is 5.86. The first-order chi connectivity index (χ1) is 8.52. The van der Waals surface area contributed by atoms with Crippen molar-refractivity contribution >= 4 is 11.6 Å². The van der Waals surface area contributed by atoms with E-state index >= 15 is 0 Å². The summed E-state index contributed by atoms with van der Waals surface area (Å²) in [6.07, 6.45) is 0.486. The zero-order valence-corrected chi connectivity index (χ0v) is 11.4. The van der Waals surface area contributed by atoms with Gasteiger partial charge in [-0.2, -0.15) is 5.10 Å². The van der Waals surface area contributed by atoms with Crippen molar-refractivity contribution in [1.29, 1.82) is 0 Å². The van der Waals surface area contributed by atoms with Crippen molar-refractivity contribution in [3.63, 3.8) is 0 Å². The molecule has 4 nitrogen and oxygen atoms in total. The summed E-state index contributed by atoms with van der Waals surface area (Å²) in [7, 11) is 1.63. The van der Waals surface area contributed by atoms with Crippen molar-refractivity contribution in [2.24, 2.45) is 11.0 Å². The van der Waals surface area contributed by atoms with E-state index in [0.29, 0.717) is 12.3 Å². The minimum Gasteiger partial charge on any atom is -0.497 e. The number of hydrazone groups is 1. The fourth-order valence-electron chi connectivity index (χ4n) is 1.46. The van der Waals surface area contributed by atoms with Crippen LogP contribution in [0.2, 0.25) is 0 Å². The summed E-state index contributed by atoms with van der Waals surface area (Å²) >= 11 is 0. The second-order valence-electron chi connectivity index (χ2n) is 4.56. The molecule has 0 spiro atoms. The molecule has 1 amide bonds. The van der Waals surface area contributed by atoms with Gasteiger partial charge in [-0.25, -0.2) is 5.43 Å². The number of nitrogens with zero attached hydrogens (tertiary/aromatic N) is 1. The molecule has 0 aliphatic heterocycles. The number of amides is 1. The molecule has 1 aromatic rings. The lowest BCUT2D eigenvalue weighted by atomic mass is 10.1. The van der Waals surface area contributed by atoms with Gasteiger partial charge in [-0.15, -0.1) is 0 Å². The maximum atomic E-state index is 11.5. The van der Waals surface area contributed by atoms with Gasteiger partial charge in [0.15, 0.2) is 0 Å². The Labute approximate surface area is 108 Å². The Hall–Kier alpha value is -1.84. The number of rotatable bonds is 5. The third-order valence-electron chi connectivity index (χ3n) is 2.45. The fraction of sp³-hybridized carbons (Fsp3) is 0.429. The van der Waals surface area contributed by atoms with E-state index in [0.717, 1.165) is 17.0 Å². The second-order valence-corrected chi connectivity index (χ2v) is 4.56. The first-order valence-corrected chi connectivity index (χ1v) is 6.00. The van der Waals surface area contributed by atoms with Crippen LogP contribution in [-0.4, -0.2) is 18.7 Å². The van der Waals surface area contributed by atoms with Gasteiger partial charge < -0.3 is 4.74 Å². The first kappa shape index (κ1) is 14.2. The van der Waals surface area contributed by atoms with Crippen LogP contribution in [0.25, 0.3) is 0 Å². The lowest BCUT2D eigenvalue weighted by Gasteiger charge is -2.05. The molecule has 4 heteroatoms. The summed E-state index contributed by atoms with van der Waals surface area (Å²) in [5.41, 5.74) is 4.29. The van der Waals surface area contributed by atoms with Crippen molar-refractivity contribution in [3.8, 4) is 5.75 Å². The predicted molar refractivity (Wildman–Crippen MR) is 72.8 cm³/mol. The summed E-state index contributed by atoms with van der Waals surface area (Å²) < 4.78 is 5.08. The SMILES string of the molecule is COc1ccc(/C(C)=N/NC(=O)CC(C)C)cc1. The van der Waals surface area contributed by atoms with Crippen LogP contribution < -0.4 is 10.2 Å². The number of nitrogens with one attached hydrogen (secondary N) is 1. The van der Waals surface area contributed by atoms with E-state index in [-0.39, 0.29) is 5.91 Å². The minimum atomic E-state index is -0.0575. The molecule has 0 unspecified atom stereocenters. The molecule has 1 N–H and O–H groups in total. The predicted octanol–water partition coefficient (Wildman–Crippen LogP) is 2.58. The van der Waals surface area contributed by atoms with Crippen LogP contribution in [0.4, 0.5) is 0 Å². The van der Waals surface area contributed by atoms with Crippen LogP contribution >= 0.6 is 0 Å². The van der Waals surface area contributed by atoms with Crippen LogP contribution in [0.5, 0.6) is 5.75 Å². The summed E-state index contributed by atoms with van der Waals surface area (Å²) in [6, 6.07) is 7.55. The molecule has 0 saturated heterocycles. The van der Waals surface area contributed by atoms with Gasteiger partial charge in [0.1, 0.15) is 5.75 Å². The van der Waals surface area contributed by atoms with Gasteiger partial charge in [0.25, 0.3) is 0 Å². The number of benzene rings is 1. The van der Waals surface area contributed by atoms with E-state index in [1.54, 1.807) is 7.11 Å². The lowest BCUT2D eigenvalue weighted by Crippen LogP contribution is -2.20. The third-order valence-corrected chi connectivity index (χ3v) is 2.45. The smallest absolute Gasteiger partial charge is 0.240 e. The molecule has 1 aromatic carbocycles. The molecule has 0 bridgehead atoms. The van der Waals surface area contributed by atoms with E-state index < -0.39 is 0 Å². The fourth-order valence-corrected chi connectivity index (χ4v) is 1.46. The Morgan fingerprint density at radius 2 is 1.94 bits per heavy atom. The largest absolute Gasteiger partial charge is 0.497 e. The third kappa shape index (κ3) is 4.57. The molecule has 0 fully saturated rings. The average molecular weight is 248 g/mol. The molecule has 1 rings (SSSR count). The number of hydrogen-bond donors (Lipinski definition) is 1. The Bertz CT molecular complexity index is 422. The Balaban J connectivity index is 2.62. The van der Waals surface area contributed by atoms with E-state index in [4.69, 9.17) is 4.74 Å². The monoisotopic (exact) mass is 248 g/mol. The molecular formula is C14H20N2O2. The van der Waals surface area contributed by atoms with E-state index in [1.807, 2.05) is 45.0 Å². The number of carbonyl (C=O) groups is 1. The van der Waals surface area contributed by atoms with Crippen LogP contribution in [0, 0.1) is 5.92 Å². The zero-order chi connectivity index (χ0) is 13.5. The van der Waals surface area contributed by atoms with Crippen LogP contribution in [0.1, 0.15) is 32.8 Å².